The van der Waals surface area contributed by atoms with Crippen LogP contribution < -0.4 is 25.4 Å². The number of nitrogens with one attached hydrogen (secondary N) is 3. The summed E-state index contributed by atoms with van der Waals surface area (Å²) in [6.45, 7) is 10.8. The Morgan fingerprint density at radius 1 is 0.881 bits per heavy atom. The lowest BCUT2D eigenvalue weighted by Crippen LogP contribution is -2.56. The molecule has 0 aliphatic heterocycles. The van der Waals surface area contributed by atoms with Crippen molar-refractivity contribution >= 4 is 40.6 Å². The summed E-state index contributed by atoms with van der Waals surface area (Å²) in [6.07, 6.45) is 6.33. The van der Waals surface area contributed by atoms with Crippen LogP contribution in [0.25, 0.3) is 22.2 Å². The molecule has 1 saturated carbocycles. The minimum atomic E-state index is -1.05. The third-order valence-corrected chi connectivity index (χ3v) is 10.8. The second-order valence-corrected chi connectivity index (χ2v) is 16.8. The first-order chi connectivity index (χ1) is 28.1. The van der Waals surface area contributed by atoms with Crippen LogP contribution >= 0.6 is 0 Å². The summed E-state index contributed by atoms with van der Waals surface area (Å²) in [6, 6.07) is 14.1. The number of hydrogen-bond donors (Lipinski definition) is 3. The molecule has 1 aromatic heterocycles. The summed E-state index contributed by atoms with van der Waals surface area (Å²) >= 11 is 0. The number of amides is 3. The van der Waals surface area contributed by atoms with E-state index >= 15 is 0 Å². The normalized spacial score (nSPS) is 18.6. The minimum absolute atomic E-state index is 0.0625. The van der Waals surface area contributed by atoms with Crippen molar-refractivity contribution in [3.63, 3.8) is 0 Å². The van der Waals surface area contributed by atoms with Crippen LogP contribution in [0.2, 0.25) is 0 Å². The zero-order chi connectivity index (χ0) is 42.9. The number of ether oxygens (including phenoxy) is 4. The smallest absolute Gasteiger partial charge is 0.329 e. The number of methoxy groups -OCH3 is 2. The average Bonchev–Trinajstić information content (AvgIpc) is 3.65. The predicted molar refractivity (Wildman–Crippen MR) is 224 cm³/mol. The van der Waals surface area contributed by atoms with E-state index in [4.69, 9.17) is 23.9 Å². The predicted octanol–water partition coefficient (Wildman–Crippen LogP) is 6.61. The van der Waals surface area contributed by atoms with E-state index in [1.807, 2.05) is 55.5 Å². The minimum Gasteiger partial charge on any atom is -0.497 e. The molecule has 13 heteroatoms. The number of carbonyl (C=O) groups is 5. The lowest BCUT2D eigenvalue weighted by atomic mass is 9.83. The molecule has 2 aliphatic rings. The first-order valence-electron chi connectivity index (χ1n) is 20.8. The van der Waals surface area contributed by atoms with E-state index in [0.29, 0.717) is 40.9 Å². The number of aromatic nitrogens is 1. The highest BCUT2D eigenvalue weighted by Gasteiger charge is 2.41. The Morgan fingerprint density at radius 3 is 2.22 bits per heavy atom. The highest BCUT2D eigenvalue weighted by molar-refractivity contribution is 6.03. The van der Waals surface area contributed by atoms with Crippen LogP contribution in [-0.2, 0) is 33.4 Å². The summed E-state index contributed by atoms with van der Waals surface area (Å²) in [7, 11) is 2.88. The van der Waals surface area contributed by atoms with Crippen molar-refractivity contribution in [2.75, 3.05) is 14.2 Å². The van der Waals surface area contributed by atoms with Gasteiger partial charge in [0.1, 0.15) is 41.3 Å². The van der Waals surface area contributed by atoms with E-state index in [2.05, 4.69) is 16.0 Å². The molecule has 0 saturated heterocycles. The van der Waals surface area contributed by atoms with Gasteiger partial charge in [-0.05, 0) is 70.1 Å². The molecular formula is C46H60N4O9. The van der Waals surface area contributed by atoms with Gasteiger partial charge in [0.05, 0.1) is 31.3 Å². The molecule has 59 heavy (non-hydrogen) atoms. The van der Waals surface area contributed by atoms with Crippen LogP contribution in [0.1, 0.15) is 92.9 Å². The molecule has 0 spiro atoms. The van der Waals surface area contributed by atoms with Crippen molar-refractivity contribution in [3.05, 3.63) is 66.2 Å². The zero-order valence-electron chi connectivity index (χ0n) is 35.6. The van der Waals surface area contributed by atoms with Gasteiger partial charge >= 0.3 is 11.9 Å². The van der Waals surface area contributed by atoms with Gasteiger partial charge in [-0.25, -0.2) is 14.6 Å². The van der Waals surface area contributed by atoms with Crippen molar-refractivity contribution in [3.8, 4) is 22.8 Å². The lowest BCUT2D eigenvalue weighted by Gasteiger charge is -2.31. The number of benzene rings is 2. The molecule has 3 N–H and O–H groups in total. The van der Waals surface area contributed by atoms with Gasteiger partial charge in [-0.1, -0.05) is 76.8 Å². The highest BCUT2D eigenvalue weighted by Crippen LogP contribution is 2.36. The summed E-state index contributed by atoms with van der Waals surface area (Å²) in [5.41, 5.74) is 1.45. The number of nitrogens with zero attached hydrogens (tertiary/aromatic N) is 1. The van der Waals surface area contributed by atoms with Crippen LogP contribution in [0.3, 0.4) is 0 Å². The Morgan fingerprint density at radius 2 is 1.59 bits per heavy atom. The Kier molecular flexibility index (Phi) is 15.1. The summed E-state index contributed by atoms with van der Waals surface area (Å²) in [5, 5.41) is 9.32. The highest BCUT2D eigenvalue weighted by atomic mass is 16.6. The van der Waals surface area contributed by atoms with E-state index in [1.54, 1.807) is 53.9 Å². The van der Waals surface area contributed by atoms with Crippen LogP contribution in [0.4, 0.5) is 0 Å². The number of fused-ring (bicyclic) bond motifs is 1. The topological polar surface area (TPSA) is 171 Å². The molecule has 2 aromatic carbocycles. The van der Waals surface area contributed by atoms with Crippen LogP contribution in [0.5, 0.6) is 11.5 Å². The molecule has 0 unspecified atom stereocenters. The van der Waals surface area contributed by atoms with Crippen LogP contribution in [0, 0.1) is 17.8 Å². The van der Waals surface area contributed by atoms with Crippen LogP contribution in [0.15, 0.2) is 66.2 Å². The largest absolute Gasteiger partial charge is 0.497 e. The molecule has 5 rings (SSSR count). The SMILES string of the molecule is CCC[C@H](NC(=O)[C@H]1C[C@H](Oc2cc(-c3ccccc3)nc3cc(OC)ccc23)C=C1C(=O)N[C@H](C(=O)N[C@H](C(=O)OC)C1CCCCC1)C(C)C)C(=O)OC(C)(C)C. The third-order valence-electron chi connectivity index (χ3n) is 10.8. The molecule has 0 bridgehead atoms. The number of hydrogen-bond acceptors (Lipinski definition) is 10. The number of rotatable bonds is 16. The Labute approximate surface area is 347 Å². The maximum atomic E-state index is 14.4. The fourth-order valence-corrected chi connectivity index (χ4v) is 7.78. The standard InChI is InChI=1S/C46H60N4O9/c1-9-16-35(44(54)59-46(4,5)6)48-41(51)33-23-31(58-38-26-36(28-17-12-10-13-18-28)47-37-25-30(56-7)21-22-32(37)38)24-34(33)42(52)49-39(27(2)3)43(53)50-40(45(55)57-8)29-19-14-11-15-20-29/h10,12-13,17-18,21-22,24-27,29,31,33,35,39-40H,9,11,14-16,19-20,23H2,1-8H3,(H,48,51)(H,49,52)(H,50,53)/t31-,33-,35-,39-,40-/m0/s1. The van der Waals surface area contributed by atoms with Gasteiger partial charge in [-0.15, -0.1) is 0 Å². The second kappa shape index (κ2) is 20.0. The van der Waals surface area contributed by atoms with Crippen molar-refractivity contribution in [1.29, 1.82) is 0 Å². The first-order valence-corrected chi connectivity index (χ1v) is 20.8. The van der Waals surface area contributed by atoms with Crippen LogP contribution in [-0.4, -0.2) is 78.7 Å². The van der Waals surface area contributed by atoms with Crippen molar-refractivity contribution in [2.24, 2.45) is 17.8 Å². The maximum Gasteiger partial charge on any atom is 0.329 e. The molecule has 3 aromatic rings. The molecular weight excluding hydrogens is 753 g/mol. The molecule has 318 valence electrons. The zero-order valence-corrected chi connectivity index (χ0v) is 35.6. The molecule has 5 atom stereocenters. The van der Waals surface area contributed by atoms with Gasteiger partial charge in [-0.2, -0.15) is 0 Å². The fourth-order valence-electron chi connectivity index (χ4n) is 7.78. The molecule has 3 amide bonds. The van der Waals surface area contributed by atoms with Crippen molar-refractivity contribution < 1.29 is 42.9 Å². The fraction of sp³-hybridized carbons (Fsp3) is 0.522. The quantitative estimate of drug-likeness (QED) is 0.134. The number of pyridine rings is 1. The van der Waals surface area contributed by atoms with E-state index < -0.39 is 65.4 Å². The van der Waals surface area contributed by atoms with Gasteiger partial charge in [0.2, 0.25) is 17.7 Å². The van der Waals surface area contributed by atoms with E-state index in [9.17, 15) is 24.0 Å². The Balaban J connectivity index is 1.48. The second-order valence-electron chi connectivity index (χ2n) is 16.8. The van der Waals surface area contributed by atoms with E-state index in [-0.39, 0.29) is 23.8 Å². The van der Waals surface area contributed by atoms with Gasteiger partial charge in [0, 0.05) is 35.1 Å². The molecule has 1 heterocycles. The molecule has 13 nitrogen and oxygen atoms in total. The number of carbonyl (C=O) groups excluding carboxylic acids is 5. The molecule has 1 fully saturated rings. The van der Waals surface area contributed by atoms with Gasteiger partial charge in [-0.3, -0.25) is 14.4 Å². The Hall–Kier alpha value is -5.46. The molecule has 0 radical (unpaired) electrons. The van der Waals surface area contributed by atoms with E-state index in [0.717, 1.165) is 37.7 Å². The van der Waals surface area contributed by atoms with Gasteiger partial charge < -0.3 is 34.9 Å². The van der Waals surface area contributed by atoms with Gasteiger partial charge in [0.15, 0.2) is 0 Å². The lowest BCUT2D eigenvalue weighted by molar-refractivity contribution is -0.159. The van der Waals surface area contributed by atoms with Crippen molar-refractivity contribution in [1.82, 2.24) is 20.9 Å². The van der Waals surface area contributed by atoms with Crippen molar-refractivity contribution in [2.45, 2.75) is 123 Å². The first kappa shape index (κ1) is 44.6. The monoisotopic (exact) mass is 812 g/mol. The van der Waals surface area contributed by atoms with Gasteiger partial charge in [0.25, 0.3) is 0 Å². The number of esters is 2. The summed E-state index contributed by atoms with van der Waals surface area (Å²) in [5.74, 6) is -3.25. The average molecular weight is 813 g/mol. The molecule has 2 aliphatic carbocycles. The Bertz CT molecular complexity index is 2000. The van der Waals surface area contributed by atoms with E-state index in [1.165, 1.54) is 7.11 Å². The summed E-state index contributed by atoms with van der Waals surface area (Å²) in [4.78, 5) is 73.7. The maximum absolute atomic E-state index is 14.4. The third kappa shape index (κ3) is 11.6. The summed E-state index contributed by atoms with van der Waals surface area (Å²) < 4.78 is 22.9.